The van der Waals surface area contributed by atoms with Crippen LogP contribution in [0.1, 0.15) is 37.7 Å². The van der Waals surface area contributed by atoms with E-state index in [9.17, 15) is 9.59 Å². The third-order valence-electron chi connectivity index (χ3n) is 5.76. The summed E-state index contributed by atoms with van der Waals surface area (Å²) in [5, 5.41) is 2.96. The highest BCUT2D eigenvalue weighted by Gasteiger charge is 2.31. The summed E-state index contributed by atoms with van der Waals surface area (Å²) in [6, 6.07) is 12.7. The molecule has 0 saturated carbocycles. The molecule has 4 rings (SSSR count). The third kappa shape index (κ3) is 5.66. The lowest BCUT2D eigenvalue weighted by molar-refractivity contribution is -0.123. The van der Waals surface area contributed by atoms with Crippen molar-refractivity contribution < 1.29 is 19.1 Å². The number of amides is 2. The minimum atomic E-state index is -0.356. The van der Waals surface area contributed by atoms with E-state index in [1.807, 2.05) is 30.3 Å². The van der Waals surface area contributed by atoms with Crippen LogP contribution < -0.4 is 19.7 Å². The molecule has 1 aliphatic heterocycles. The number of carbonyl (C=O) groups is 2. The molecule has 0 bridgehead atoms. The van der Waals surface area contributed by atoms with Crippen molar-refractivity contribution in [1.82, 2.24) is 5.32 Å². The number of fused-ring (bicyclic) bond motifs is 1. The smallest absolute Gasteiger partial charge is 0.294 e. The van der Waals surface area contributed by atoms with E-state index < -0.39 is 0 Å². The van der Waals surface area contributed by atoms with Crippen LogP contribution in [-0.2, 0) is 9.59 Å². The van der Waals surface area contributed by atoms with Gasteiger partial charge >= 0.3 is 0 Å². The average molecular weight is 511 g/mol. The molecule has 7 heteroatoms. The molecule has 1 N–H and O–H groups in total. The first-order chi connectivity index (χ1) is 16.0. The van der Waals surface area contributed by atoms with Crippen molar-refractivity contribution in [3.05, 3.63) is 69.9 Å². The quantitative estimate of drug-likeness (QED) is 0.409. The maximum Gasteiger partial charge on any atom is 0.294 e. The van der Waals surface area contributed by atoms with E-state index in [1.165, 1.54) is 23.3 Å². The maximum absolute atomic E-state index is 13.3. The number of ether oxygens (including phenoxy) is 2. The number of rotatable bonds is 7. The van der Waals surface area contributed by atoms with Gasteiger partial charge in [0, 0.05) is 6.54 Å². The molecule has 2 amide bonds. The number of hydrogen-bond donors (Lipinski definition) is 1. The molecule has 0 radical (unpaired) electrons. The first kappa shape index (κ1) is 23.1. The summed E-state index contributed by atoms with van der Waals surface area (Å²) in [7, 11) is 1.60. The largest absolute Gasteiger partial charge is 0.496 e. The Kier molecular flexibility index (Phi) is 7.50. The topological polar surface area (TPSA) is 67.9 Å². The summed E-state index contributed by atoms with van der Waals surface area (Å²) in [4.78, 5) is 27.4. The molecule has 2 aliphatic rings. The van der Waals surface area contributed by atoms with Crippen molar-refractivity contribution in [3.63, 3.8) is 0 Å². The van der Waals surface area contributed by atoms with Gasteiger partial charge in [0.05, 0.1) is 17.3 Å². The Balaban J connectivity index is 1.49. The summed E-state index contributed by atoms with van der Waals surface area (Å²) in [5.74, 6) is 0.844. The van der Waals surface area contributed by atoms with E-state index >= 15 is 0 Å². The minimum Gasteiger partial charge on any atom is -0.496 e. The number of nitrogens with zero attached hydrogens (tertiary/aromatic N) is 1. The Bertz CT molecular complexity index is 1110. The number of para-hydroxylation sites is 2. The fraction of sp³-hybridized carbons (Fsp3) is 0.308. The van der Waals surface area contributed by atoms with Crippen LogP contribution >= 0.6 is 15.9 Å². The van der Waals surface area contributed by atoms with Crippen molar-refractivity contribution in [2.24, 2.45) is 0 Å². The van der Waals surface area contributed by atoms with Gasteiger partial charge in [-0.25, -0.2) is 0 Å². The van der Waals surface area contributed by atoms with Gasteiger partial charge < -0.3 is 14.8 Å². The Labute approximate surface area is 202 Å². The normalized spacial score (nSPS) is 16.7. The summed E-state index contributed by atoms with van der Waals surface area (Å²) >= 11 is 3.46. The fourth-order valence-corrected chi connectivity index (χ4v) is 4.60. The van der Waals surface area contributed by atoms with Crippen LogP contribution in [0.3, 0.4) is 0 Å². The number of hydrogen-bond acceptors (Lipinski definition) is 4. The predicted molar refractivity (Wildman–Crippen MR) is 132 cm³/mol. The molecule has 1 aliphatic carbocycles. The molecule has 0 atom stereocenters. The number of anilines is 1. The molecule has 2 aromatic rings. The first-order valence-electron chi connectivity index (χ1n) is 11.1. The molecule has 1 heterocycles. The third-order valence-corrected chi connectivity index (χ3v) is 6.38. The number of methoxy groups -OCH3 is 1. The molecule has 0 saturated heterocycles. The zero-order valence-electron chi connectivity index (χ0n) is 18.6. The number of nitrogens with one attached hydrogen (secondary N) is 1. The summed E-state index contributed by atoms with van der Waals surface area (Å²) in [6.45, 7) is 0.509. The van der Waals surface area contributed by atoms with E-state index in [1.54, 1.807) is 25.3 Å². The monoisotopic (exact) mass is 510 g/mol. The lowest BCUT2D eigenvalue weighted by Crippen LogP contribution is -2.44. The highest BCUT2D eigenvalue weighted by atomic mass is 79.9. The summed E-state index contributed by atoms with van der Waals surface area (Å²) in [6.07, 6.45) is 9.52. The van der Waals surface area contributed by atoms with Crippen LogP contribution in [0.5, 0.6) is 11.5 Å². The summed E-state index contributed by atoms with van der Waals surface area (Å²) < 4.78 is 11.9. The summed E-state index contributed by atoms with van der Waals surface area (Å²) in [5.41, 5.74) is 2.77. The zero-order chi connectivity index (χ0) is 23.2. The van der Waals surface area contributed by atoms with E-state index in [2.05, 4.69) is 27.3 Å². The van der Waals surface area contributed by atoms with Crippen molar-refractivity contribution in [1.29, 1.82) is 0 Å². The SMILES string of the molecule is COc1ccc(/C=C2\Oc3ccccc3N(CC(=O)NCCC3=CCCCC3)C2=O)cc1Br. The maximum atomic E-state index is 13.3. The molecule has 0 aromatic heterocycles. The van der Waals surface area contributed by atoms with Crippen LogP contribution in [0.15, 0.2) is 64.3 Å². The Morgan fingerprint density at radius 1 is 1.24 bits per heavy atom. The van der Waals surface area contributed by atoms with Gasteiger partial charge in [0.1, 0.15) is 12.3 Å². The van der Waals surface area contributed by atoms with E-state index in [4.69, 9.17) is 9.47 Å². The van der Waals surface area contributed by atoms with E-state index in [0.29, 0.717) is 23.7 Å². The second-order valence-corrected chi connectivity index (χ2v) is 8.93. The van der Waals surface area contributed by atoms with Gasteiger partial charge in [-0.2, -0.15) is 0 Å². The Hall–Kier alpha value is -3.06. The lowest BCUT2D eigenvalue weighted by atomic mass is 9.97. The van der Waals surface area contributed by atoms with Crippen LogP contribution in [-0.4, -0.2) is 32.0 Å². The van der Waals surface area contributed by atoms with Crippen molar-refractivity contribution >= 4 is 39.5 Å². The van der Waals surface area contributed by atoms with Crippen LogP contribution in [0.4, 0.5) is 5.69 Å². The predicted octanol–water partition coefficient (Wildman–Crippen LogP) is 5.23. The van der Waals surface area contributed by atoms with Crippen molar-refractivity contribution in [2.45, 2.75) is 32.1 Å². The Morgan fingerprint density at radius 2 is 2.09 bits per heavy atom. The molecule has 6 nitrogen and oxygen atoms in total. The minimum absolute atomic E-state index is 0.0676. The van der Waals surface area contributed by atoms with Crippen molar-refractivity contribution in [3.8, 4) is 11.5 Å². The Morgan fingerprint density at radius 3 is 2.85 bits per heavy atom. The first-order valence-corrected chi connectivity index (χ1v) is 11.9. The van der Waals surface area contributed by atoms with Gasteiger partial charge in [-0.05, 0) is 83.9 Å². The number of benzene rings is 2. The second kappa shape index (κ2) is 10.7. The van der Waals surface area contributed by atoms with Crippen molar-refractivity contribution in [2.75, 3.05) is 25.1 Å². The van der Waals surface area contributed by atoms with Gasteiger partial charge in [0.25, 0.3) is 5.91 Å². The van der Waals surface area contributed by atoms with Crippen LogP contribution in [0, 0.1) is 0 Å². The highest BCUT2D eigenvalue weighted by Crippen LogP contribution is 2.36. The molecular formula is C26H27BrN2O4. The molecule has 2 aromatic carbocycles. The lowest BCUT2D eigenvalue weighted by Gasteiger charge is -2.30. The number of carbonyl (C=O) groups excluding carboxylic acids is 2. The molecule has 0 spiro atoms. The zero-order valence-corrected chi connectivity index (χ0v) is 20.2. The molecular weight excluding hydrogens is 484 g/mol. The van der Waals surface area contributed by atoms with Gasteiger partial charge in [-0.3, -0.25) is 14.5 Å². The van der Waals surface area contributed by atoms with E-state index in [0.717, 1.165) is 29.3 Å². The molecule has 172 valence electrons. The molecule has 0 unspecified atom stereocenters. The van der Waals surface area contributed by atoms with E-state index in [-0.39, 0.29) is 24.1 Å². The number of halogens is 1. The van der Waals surface area contributed by atoms with Gasteiger partial charge in [0.2, 0.25) is 5.91 Å². The standard InChI is InChI=1S/C26H27BrN2O4/c1-32-22-12-11-19(15-20(22)27)16-24-26(31)29(21-9-5-6-10-23(21)33-24)17-25(30)28-14-13-18-7-3-2-4-8-18/h5-7,9-12,15-16H,2-4,8,13-14,17H2,1H3,(H,28,30)/b24-16-. The highest BCUT2D eigenvalue weighted by molar-refractivity contribution is 9.10. The van der Waals surface area contributed by atoms with Gasteiger partial charge in [0.15, 0.2) is 11.5 Å². The van der Waals surface area contributed by atoms with Gasteiger partial charge in [-0.1, -0.05) is 29.8 Å². The molecule has 0 fully saturated rings. The van der Waals surface area contributed by atoms with Gasteiger partial charge in [-0.15, -0.1) is 0 Å². The molecule has 33 heavy (non-hydrogen) atoms. The van der Waals surface area contributed by atoms with Crippen LogP contribution in [0.25, 0.3) is 6.08 Å². The number of allylic oxidation sites excluding steroid dienone is 1. The van der Waals surface area contributed by atoms with Crippen LogP contribution in [0.2, 0.25) is 0 Å². The average Bonchev–Trinajstić information content (AvgIpc) is 2.82. The fourth-order valence-electron chi connectivity index (χ4n) is 4.04. The second-order valence-electron chi connectivity index (χ2n) is 8.07.